The van der Waals surface area contributed by atoms with Gasteiger partial charge >= 0.3 is 0 Å². The number of carbonyl (C=O) groups excluding carboxylic acids is 1. The van der Waals surface area contributed by atoms with Gasteiger partial charge in [0.05, 0.1) is 22.6 Å². The fourth-order valence-electron chi connectivity index (χ4n) is 6.74. The molecule has 5 heterocycles. The number of aromatic nitrogens is 7. The van der Waals surface area contributed by atoms with E-state index in [0.717, 1.165) is 56.8 Å². The summed E-state index contributed by atoms with van der Waals surface area (Å²) in [5, 5.41) is 5.75. The third kappa shape index (κ3) is 9.60. The molecule has 1 aliphatic carbocycles. The highest BCUT2D eigenvalue weighted by Crippen LogP contribution is 2.31. The number of allylic oxidation sites excluding steroid dienone is 2. The van der Waals surface area contributed by atoms with Crippen LogP contribution in [0.4, 0.5) is 5.69 Å². The zero-order valence-electron chi connectivity index (χ0n) is 35.4. The topological polar surface area (TPSA) is 103 Å². The lowest BCUT2D eigenvalue weighted by molar-refractivity contribution is -0.116. The molecule has 0 fully saturated rings. The summed E-state index contributed by atoms with van der Waals surface area (Å²) in [5.74, 6) is 1.53. The lowest BCUT2D eigenvalue weighted by atomic mass is 10.00. The second-order valence-corrected chi connectivity index (χ2v) is 15.7. The fraction of sp³-hybridized carbons (Fsp3) is 0.286. The Bertz CT molecular complexity index is 2540. The van der Waals surface area contributed by atoms with E-state index in [1.807, 2.05) is 60.7 Å². The molecule has 0 saturated heterocycles. The van der Waals surface area contributed by atoms with E-state index in [-0.39, 0.29) is 5.91 Å². The largest absolute Gasteiger partial charge is 0.316 e. The highest BCUT2D eigenvalue weighted by Gasteiger charge is 2.15. The molecule has 1 aliphatic rings. The van der Waals surface area contributed by atoms with E-state index in [0.29, 0.717) is 17.8 Å². The molecule has 7 aromatic rings. The van der Waals surface area contributed by atoms with Crippen LogP contribution in [-0.2, 0) is 18.3 Å². The molecule has 58 heavy (non-hydrogen) atoms. The van der Waals surface area contributed by atoms with Crippen LogP contribution < -0.4 is 4.90 Å². The minimum absolute atomic E-state index is 0.0256. The zero-order chi connectivity index (χ0) is 41.5. The van der Waals surface area contributed by atoms with Crippen LogP contribution in [0.1, 0.15) is 101 Å². The molecule has 1 amide bonds. The van der Waals surface area contributed by atoms with Crippen LogP contribution in [0.2, 0.25) is 0 Å². The maximum atomic E-state index is 11.3. The van der Waals surface area contributed by atoms with Crippen molar-refractivity contribution in [2.45, 2.75) is 79.6 Å². The predicted octanol–water partition coefficient (Wildman–Crippen LogP) is 11.2. The van der Waals surface area contributed by atoms with Crippen LogP contribution in [0.3, 0.4) is 0 Å². The van der Waals surface area contributed by atoms with Crippen molar-refractivity contribution in [2.75, 3.05) is 11.9 Å². The number of nitrogens with zero attached hydrogens (tertiary/aromatic N) is 8. The molecule has 0 spiro atoms. The van der Waals surface area contributed by atoms with Gasteiger partial charge in [-0.05, 0) is 107 Å². The quantitative estimate of drug-likeness (QED) is 0.159. The number of pyridine rings is 3. The lowest BCUT2D eigenvalue weighted by Crippen LogP contribution is -2.22. The predicted molar refractivity (Wildman–Crippen MR) is 238 cm³/mol. The average Bonchev–Trinajstić information content (AvgIpc) is 3.79. The number of amides is 1. The van der Waals surface area contributed by atoms with Gasteiger partial charge in [0.1, 0.15) is 12.0 Å². The van der Waals surface area contributed by atoms with Gasteiger partial charge < -0.3 is 4.90 Å². The van der Waals surface area contributed by atoms with Gasteiger partial charge in [-0.1, -0.05) is 65.8 Å². The number of fused-ring (bicyclic) bond motifs is 2. The number of anilines is 1. The Hall–Kier alpha value is -6.35. The summed E-state index contributed by atoms with van der Waals surface area (Å²) in [4.78, 5) is 34.6. The minimum Gasteiger partial charge on any atom is -0.316 e. The van der Waals surface area contributed by atoms with E-state index in [9.17, 15) is 4.79 Å². The summed E-state index contributed by atoms with van der Waals surface area (Å²) in [5.41, 5.74) is 15.8. The molecule has 0 saturated carbocycles. The van der Waals surface area contributed by atoms with Crippen molar-refractivity contribution in [2.24, 2.45) is 7.05 Å². The van der Waals surface area contributed by atoms with Crippen molar-refractivity contribution >= 4 is 28.1 Å². The Kier molecular flexibility index (Phi) is 13.0. The molecule has 5 aromatic heterocycles. The summed E-state index contributed by atoms with van der Waals surface area (Å²) < 4.78 is 1.90. The molecule has 0 radical (unpaired) electrons. The highest BCUT2D eigenvalue weighted by molar-refractivity contribution is 5.93. The van der Waals surface area contributed by atoms with Crippen molar-refractivity contribution in [1.29, 1.82) is 0 Å². The SMILES string of the molecule is CC(=O)N(C)c1ccc(-c2cc(C(C)C)ccn2)cc1.CC(C)c1ccc2c(c1)c(-c1cncnc1)nn2C.CC1=CCc2ncc(-c3cc(C(C)C)ccn3)cc21. The first kappa shape index (κ1) is 41.3. The minimum atomic E-state index is 0.0256. The lowest BCUT2D eigenvalue weighted by Gasteiger charge is -2.15. The Morgan fingerprint density at radius 3 is 1.86 bits per heavy atom. The molecular formula is C49H54N8O. The van der Waals surface area contributed by atoms with Gasteiger partial charge in [0.25, 0.3) is 0 Å². The van der Waals surface area contributed by atoms with Crippen LogP contribution in [0.5, 0.6) is 0 Å². The normalized spacial score (nSPS) is 11.8. The Morgan fingerprint density at radius 2 is 1.28 bits per heavy atom. The summed E-state index contributed by atoms with van der Waals surface area (Å²) in [6, 6.07) is 25.0. The number of rotatable bonds is 7. The van der Waals surface area contributed by atoms with Crippen LogP contribution in [0, 0.1) is 0 Å². The third-order valence-corrected chi connectivity index (χ3v) is 10.6. The maximum Gasteiger partial charge on any atom is 0.223 e. The van der Waals surface area contributed by atoms with E-state index in [4.69, 9.17) is 0 Å². The molecular weight excluding hydrogens is 717 g/mol. The molecule has 0 aliphatic heterocycles. The van der Waals surface area contributed by atoms with Crippen LogP contribution >= 0.6 is 0 Å². The maximum absolute atomic E-state index is 11.3. The monoisotopic (exact) mass is 770 g/mol. The molecule has 0 bridgehead atoms. The van der Waals surface area contributed by atoms with Crippen molar-refractivity contribution in [1.82, 2.24) is 34.7 Å². The van der Waals surface area contributed by atoms with Crippen LogP contribution in [0.15, 0.2) is 116 Å². The fourth-order valence-corrected chi connectivity index (χ4v) is 6.74. The molecule has 9 nitrogen and oxygen atoms in total. The first-order chi connectivity index (χ1) is 27.8. The van der Waals surface area contributed by atoms with Crippen molar-refractivity contribution in [3.05, 3.63) is 144 Å². The van der Waals surface area contributed by atoms with E-state index in [2.05, 4.69) is 127 Å². The molecule has 0 unspecified atom stereocenters. The summed E-state index contributed by atoms with van der Waals surface area (Å²) in [6.07, 6.45) is 14.0. The van der Waals surface area contributed by atoms with Gasteiger partial charge in [0.2, 0.25) is 5.91 Å². The molecule has 2 aromatic carbocycles. The van der Waals surface area contributed by atoms with E-state index in [1.54, 1.807) is 31.3 Å². The number of aryl methyl sites for hydroxylation is 1. The summed E-state index contributed by atoms with van der Waals surface area (Å²) in [6.45, 7) is 16.8. The number of benzene rings is 2. The van der Waals surface area contributed by atoms with Crippen molar-refractivity contribution < 1.29 is 4.79 Å². The van der Waals surface area contributed by atoms with Crippen LogP contribution in [-0.4, -0.2) is 47.7 Å². The van der Waals surface area contributed by atoms with Gasteiger partial charge in [-0.2, -0.15) is 5.10 Å². The number of hydrogen-bond donors (Lipinski definition) is 0. The number of hydrogen-bond acceptors (Lipinski definition) is 7. The van der Waals surface area contributed by atoms with Crippen LogP contribution in [0.25, 0.3) is 50.2 Å². The Balaban J connectivity index is 0.000000147. The second kappa shape index (κ2) is 18.3. The zero-order valence-corrected chi connectivity index (χ0v) is 35.4. The van der Waals surface area contributed by atoms with Gasteiger partial charge in [-0.15, -0.1) is 0 Å². The molecule has 296 valence electrons. The second-order valence-electron chi connectivity index (χ2n) is 15.7. The standard InChI is InChI=1S/C17H20N2O.C17H18N2.C15H16N4/c1-12(2)15-9-10-18-17(11-15)14-5-7-16(8-6-14)19(4)13(3)20;1-11(2)13-6-7-18-17(9-13)14-8-15-12(3)4-5-16(15)19-10-14;1-10(2)11-4-5-14-13(6-11)15(18-19(14)3)12-7-16-9-17-8-12/h5-12H,1-4H3;4,6-11H,5H2,1-3H3;4-10H,1-3H3. The van der Waals surface area contributed by atoms with E-state index >= 15 is 0 Å². The molecule has 9 heteroatoms. The molecule has 8 rings (SSSR count). The summed E-state index contributed by atoms with van der Waals surface area (Å²) >= 11 is 0. The molecule has 0 atom stereocenters. The van der Waals surface area contributed by atoms with E-state index < -0.39 is 0 Å². The Labute approximate surface area is 343 Å². The first-order valence-electron chi connectivity index (χ1n) is 20.0. The Morgan fingerprint density at radius 1 is 0.690 bits per heavy atom. The number of carbonyl (C=O) groups is 1. The van der Waals surface area contributed by atoms with Gasteiger partial charge in [0.15, 0.2) is 0 Å². The first-order valence-corrected chi connectivity index (χ1v) is 20.0. The van der Waals surface area contributed by atoms with Gasteiger partial charge in [-0.25, -0.2) is 9.97 Å². The highest BCUT2D eigenvalue weighted by atomic mass is 16.2. The third-order valence-electron chi connectivity index (χ3n) is 10.6. The summed E-state index contributed by atoms with van der Waals surface area (Å²) in [7, 11) is 3.74. The van der Waals surface area contributed by atoms with E-state index in [1.165, 1.54) is 39.8 Å². The van der Waals surface area contributed by atoms with Crippen molar-refractivity contribution in [3.63, 3.8) is 0 Å². The molecule has 0 N–H and O–H groups in total. The van der Waals surface area contributed by atoms with Gasteiger partial charge in [0, 0.05) is 86.2 Å². The smallest absolute Gasteiger partial charge is 0.223 e. The van der Waals surface area contributed by atoms with Gasteiger partial charge in [-0.3, -0.25) is 24.4 Å². The average molecular weight is 771 g/mol. The van der Waals surface area contributed by atoms with Crippen molar-refractivity contribution in [3.8, 4) is 33.8 Å².